The number of carbonyl (C=O) groups is 1. The largest absolute Gasteiger partial charge is 0.467 e. The number of esters is 1. The summed E-state index contributed by atoms with van der Waals surface area (Å²) >= 11 is 0. The van der Waals surface area contributed by atoms with Gasteiger partial charge < -0.3 is 10.1 Å². The first-order chi connectivity index (χ1) is 6.22. The van der Waals surface area contributed by atoms with Crippen LogP contribution in [0.15, 0.2) is 36.6 Å². The molecule has 1 aliphatic heterocycles. The zero-order chi connectivity index (χ0) is 9.84. The number of methoxy groups -OCH3 is 1. The van der Waals surface area contributed by atoms with Crippen LogP contribution in [0.2, 0.25) is 0 Å². The molecule has 1 heterocycles. The Labute approximate surface area is 77.8 Å². The molecule has 0 spiro atoms. The second-order valence-electron chi connectivity index (χ2n) is 2.77. The molecule has 0 saturated heterocycles. The third-order valence-corrected chi connectivity index (χ3v) is 2.04. The van der Waals surface area contributed by atoms with Crippen molar-refractivity contribution in [1.29, 1.82) is 0 Å². The van der Waals surface area contributed by atoms with Crippen molar-refractivity contribution in [1.82, 2.24) is 5.32 Å². The molecule has 0 fully saturated rings. The van der Waals surface area contributed by atoms with Gasteiger partial charge in [-0.05, 0) is 11.6 Å². The maximum absolute atomic E-state index is 11.2. The summed E-state index contributed by atoms with van der Waals surface area (Å²) < 4.78 is 4.62. The van der Waals surface area contributed by atoms with Gasteiger partial charge >= 0.3 is 5.97 Å². The average molecular weight is 179 g/mol. The topological polar surface area (TPSA) is 38.3 Å². The fraction of sp³-hybridized carbons (Fsp3) is 0.300. The number of carbonyl (C=O) groups excluding carboxylic acids is 1. The van der Waals surface area contributed by atoms with E-state index in [1.165, 1.54) is 7.11 Å². The first-order valence-electron chi connectivity index (χ1n) is 4.05. The lowest BCUT2D eigenvalue weighted by Gasteiger charge is -2.08. The Morgan fingerprint density at radius 2 is 2.31 bits per heavy atom. The summed E-state index contributed by atoms with van der Waals surface area (Å²) in [6.45, 7) is 7.30. The van der Waals surface area contributed by atoms with E-state index >= 15 is 0 Å². The van der Waals surface area contributed by atoms with Crippen molar-refractivity contribution in [3.63, 3.8) is 0 Å². The molecule has 0 bridgehead atoms. The summed E-state index contributed by atoms with van der Waals surface area (Å²) in [5.41, 5.74) is 1.87. The maximum Gasteiger partial charge on any atom is 0.328 e. The summed E-state index contributed by atoms with van der Waals surface area (Å²) in [7, 11) is 1.38. The van der Waals surface area contributed by atoms with Crippen molar-refractivity contribution in [3.05, 3.63) is 36.6 Å². The van der Waals surface area contributed by atoms with Crippen LogP contribution in [-0.4, -0.2) is 19.1 Å². The van der Waals surface area contributed by atoms with Crippen LogP contribution >= 0.6 is 0 Å². The van der Waals surface area contributed by atoms with Gasteiger partial charge in [-0.15, -0.1) is 0 Å². The van der Waals surface area contributed by atoms with Gasteiger partial charge in [0.05, 0.1) is 7.11 Å². The molecular formula is C10H13NO2. The third-order valence-electron chi connectivity index (χ3n) is 2.04. The quantitative estimate of drug-likeness (QED) is 0.660. The Morgan fingerprint density at radius 3 is 2.69 bits per heavy atom. The lowest BCUT2D eigenvalue weighted by Crippen LogP contribution is -2.32. The van der Waals surface area contributed by atoms with Crippen LogP contribution in [0.4, 0.5) is 0 Å². The summed E-state index contributed by atoms with van der Waals surface area (Å²) in [5, 5.41) is 3.01. The first-order valence-corrected chi connectivity index (χ1v) is 4.05. The molecule has 1 atom stereocenters. The predicted octanol–water partition coefficient (Wildman–Crippen LogP) is 1.15. The molecule has 1 N–H and O–H groups in total. The van der Waals surface area contributed by atoms with E-state index in [0.717, 1.165) is 11.3 Å². The molecule has 0 aromatic heterocycles. The summed E-state index contributed by atoms with van der Waals surface area (Å²) in [6, 6.07) is -0.286. The normalized spacial score (nSPS) is 20.8. The van der Waals surface area contributed by atoms with E-state index in [1.54, 1.807) is 12.2 Å². The molecule has 70 valence electrons. The minimum Gasteiger partial charge on any atom is -0.467 e. The minimum absolute atomic E-state index is 0.254. The van der Waals surface area contributed by atoms with Crippen LogP contribution in [0.1, 0.15) is 6.42 Å². The molecule has 0 aromatic rings. The molecule has 0 aromatic carbocycles. The summed E-state index contributed by atoms with van der Waals surface area (Å²) in [4.78, 5) is 11.2. The Kier molecular flexibility index (Phi) is 2.90. The third kappa shape index (κ3) is 1.80. The molecule has 1 rings (SSSR count). The molecule has 3 nitrogen and oxygen atoms in total. The SMILES string of the molecule is C=CC1=C(C=C)NC(C(=O)OC)C1. The van der Waals surface area contributed by atoms with Crippen molar-refractivity contribution >= 4 is 5.97 Å². The lowest BCUT2D eigenvalue weighted by molar-refractivity contribution is -0.142. The van der Waals surface area contributed by atoms with Crippen molar-refractivity contribution in [3.8, 4) is 0 Å². The Hall–Kier alpha value is -1.51. The number of allylic oxidation sites excluding steroid dienone is 2. The molecular weight excluding hydrogens is 166 g/mol. The Morgan fingerprint density at radius 1 is 1.62 bits per heavy atom. The molecule has 0 radical (unpaired) electrons. The van der Waals surface area contributed by atoms with E-state index in [-0.39, 0.29) is 12.0 Å². The standard InChI is InChI=1S/C10H13NO2/c1-4-7-6-9(10(12)13-3)11-8(7)5-2/h4-5,9,11H,1-2,6H2,3H3. The number of nitrogens with one attached hydrogen (secondary N) is 1. The van der Waals surface area contributed by atoms with E-state index in [0.29, 0.717) is 6.42 Å². The smallest absolute Gasteiger partial charge is 0.328 e. The summed E-state index contributed by atoms with van der Waals surface area (Å²) in [5.74, 6) is -0.254. The average Bonchev–Trinajstić information content (AvgIpc) is 2.59. The molecule has 3 heteroatoms. The van der Waals surface area contributed by atoms with E-state index in [2.05, 4.69) is 23.2 Å². The molecule has 13 heavy (non-hydrogen) atoms. The second kappa shape index (κ2) is 3.94. The van der Waals surface area contributed by atoms with Crippen LogP contribution in [-0.2, 0) is 9.53 Å². The second-order valence-corrected chi connectivity index (χ2v) is 2.77. The molecule has 0 aliphatic carbocycles. The van der Waals surface area contributed by atoms with E-state index in [4.69, 9.17) is 0 Å². The van der Waals surface area contributed by atoms with Crippen LogP contribution < -0.4 is 5.32 Å². The minimum atomic E-state index is -0.286. The molecule has 0 amide bonds. The number of rotatable bonds is 3. The predicted molar refractivity (Wildman–Crippen MR) is 51.0 cm³/mol. The van der Waals surface area contributed by atoms with Crippen molar-refractivity contribution in [2.24, 2.45) is 0 Å². The fourth-order valence-electron chi connectivity index (χ4n) is 1.33. The van der Waals surface area contributed by atoms with Gasteiger partial charge in [-0.2, -0.15) is 0 Å². The molecule has 1 unspecified atom stereocenters. The van der Waals surface area contributed by atoms with Crippen LogP contribution in [0.3, 0.4) is 0 Å². The maximum atomic E-state index is 11.2. The highest BCUT2D eigenvalue weighted by Gasteiger charge is 2.26. The van der Waals surface area contributed by atoms with Gasteiger partial charge in [-0.1, -0.05) is 19.2 Å². The van der Waals surface area contributed by atoms with Gasteiger partial charge in [0.15, 0.2) is 0 Å². The van der Waals surface area contributed by atoms with E-state index in [9.17, 15) is 4.79 Å². The zero-order valence-corrected chi connectivity index (χ0v) is 7.67. The van der Waals surface area contributed by atoms with E-state index in [1.807, 2.05) is 0 Å². The summed E-state index contributed by atoms with van der Waals surface area (Å²) in [6.07, 6.45) is 4.03. The fourth-order valence-corrected chi connectivity index (χ4v) is 1.33. The van der Waals surface area contributed by atoms with E-state index < -0.39 is 0 Å². The zero-order valence-electron chi connectivity index (χ0n) is 7.67. The van der Waals surface area contributed by atoms with Gasteiger partial charge in [0.25, 0.3) is 0 Å². The van der Waals surface area contributed by atoms with Crippen LogP contribution in [0, 0.1) is 0 Å². The van der Waals surface area contributed by atoms with Crippen molar-refractivity contribution in [2.45, 2.75) is 12.5 Å². The van der Waals surface area contributed by atoms with Gasteiger partial charge in [0.2, 0.25) is 0 Å². The highest BCUT2D eigenvalue weighted by Crippen LogP contribution is 2.20. The van der Waals surface area contributed by atoms with Gasteiger partial charge in [0, 0.05) is 12.1 Å². The lowest BCUT2D eigenvalue weighted by atomic mass is 10.1. The monoisotopic (exact) mass is 179 g/mol. The molecule has 0 saturated carbocycles. The first kappa shape index (κ1) is 9.58. The number of hydrogen-bond acceptors (Lipinski definition) is 3. The Bertz CT molecular complexity index is 259. The number of hydrogen-bond donors (Lipinski definition) is 1. The Balaban J connectivity index is 2.72. The van der Waals surface area contributed by atoms with Crippen molar-refractivity contribution in [2.75, 3.05) is 7.11 Å². The number of ether oxygens (including phenoxy) is 1. The van der Waals surface area contributed by atoms with Crippen LogP contribution in [0.25, 0.3) is 0 Å². The highest BCUT2D eigenvalue weighted by molar-refractivity contribution is 5.77. The van der Waals surface area contributed by atoms with Gasteiger partial charge in [-0.3, -0.25) is 0 Å². The van der Waals surface area contributed by atoms with Crippen LogP contribution in [0.5, 0.6) is 0 Å². The van der Waals surface area contributed by atoms with Gasteiger partial charge in [0.1, 0.15) is 6.04 Å². The van der Waals surface area contributed by atoms with Gasteiger partial charge in [-0.25, -0.2) is 4.79 Å². The van der Waals surface area contributed by atoms with Crippen molar-refractivity contribution < 1.29 is 9.53 Å². The molecule has 1 aliphatic rings. The highest BCUT2D eigenvalue weighted by atomic mass is 16.5.